The summed E-state index contributed by atoms with van der Waals surface area (Å²) in [6, 6.07) is 0.262. The second-order valence-electron chi connectivity index (χ2n) is 2.25. The van der Waals surface area contributed by atoms with E-state index in [2.05, 4.69) is 0 Å². The summed E-state index contributed by atoms with van der Waals surface area (Å²) < 4.78 is 0. The van der Waals surface area contributed by atoms with Crippen LogP contribution >= 0.6 is 23.4 Å². The first-order chi connectivity index (χ1) is 4.57. The summed E-state index contributed by atoms with van der Waals surface area (Å²) >= 11 is 6.71. The Hall–Kier alpha value is 0.110. The van der Waals surface area contributed by atoms with E-state index in [1.807, 2.05) is 13.8 Å². The van der Waals surface area contributed by atoms with Crippen LogP contribution in [0, 0.1) is 0 Å². The van der Waals surface area contributed by atoms with Crippen LogP contribution in [0.2, 0.25) is 0 Å². The summed E-state index contributed by atoms with van der Waals surface area (Å²) in [5, 5.41) is 0.364. The third-order valence-corrected chi connectivity index (χ3v) is 2.17. The van der Waals surface area contributed by atoms with Crippen LogP contribution in [0.1, 0.15) is 13.8 Å². The summed E-state index contributed by atoms with van der Waals surface area (Å²) in [6.45, 7) is 3.95. The number of hydrogen-bond donors (Lipinski definition) is 0. The van der Waals surface area contributed by atoms with Crippen molar-refractivity contribution < 1.29 is 4.79 Å². The molecule has 60 valence electrons. The molecule has 0 N–H and O–H groups in total. The van der Waals surface area contributed by atoms with Crippen molar-refractivity contribution in [2.45, 2.75) is 19.1 Å². The molecule has 0 aliphatic heterocycles. The van der Waals surface area contributed by atoms with Crippen LogP contribution in [0.25, 0.3) is 0 Å². The smallest absolute Gasteiger partial charge is 0.282 e. The molecular weight excluding hydrogens is 170 g/mol. The molecule has 0 radical (unpaired) electrons. The lowest BCUT2D eigenvalue weighted by Gasteiger charge is -2.13. The first kappa shape index (κ1) is 10.1. The average Bonchev–Trinajstić information content (AvgIpc) is 1.85. The molecule has 1 amide bonds. The maximum atomic E-state index is 11.0. The van der Waals surface area contributed by atoms with Gasteiger partial charge in [-0.05, 0) is 0 Å². The fraction of sp³-hybridized carbons (Fsp3) is 0.833. The third kappa shape index (κ3) is 4.01. The van der Waals surface area contributed by atoms with Gasteiger partial charge in [-0.15, -0.1) is 11.6 Å². The van der Waals surface area contributed by atoms with Crippen LogP contribution in [-0.2, 0) is 0 Å². The van der Waals surface area contributed by atoms with Crippen molar-refractivity contribution in [2.24, 2.45) is 0 Å². The molecule has 0 fully saturated rings. The number of nitrogens with zero attached hydrogens (tertiary/aromatic N) is 1. The molecule has 0 unspecified atom stereocenters. The Morgan fingerprint density at radius 2 is 2.20 bits per heavy atom. The number of rotatable bonds is 2. The van der Waals surface area contributed by atoms with Gasteiger partial charge in [0.2, 0.25) is 0 Å². The zero-order valence-electron chi connectivity index (χ0n) is 6.43. The molecule has 2 nitrogen and oxygen atoms in total. The number of carbonyl (C=O) groups excluding carboxylic acids is 1. The average molecular weight is 182 g/mol. The first-order valence-electron chi connectivity index (χ1n) is 3.05. The summed E-state index contributed by atoms with van der Waals surface area (Å²) in [7, 11) is 1.69. The van der Waals surface area contributed by atoms with E-state index in [1.165, 1.54) is 16.7 Å². The minimum absolute atomic E-state index is 0.0324. The van der Waals surface area contributed by atoms with Crippen molar-refractivity contribution in [2.75, 3.05) is 13.1 Å². The van der Waals surface area contributed by atoms with Gasteiger partial charge in [0, 0.05) is 12.3 Å². The molecule has 0 aliphatic rings. The Balaban J connectivity index is 3.62. The lowest BCUT2D eigenvalue weighted by Crippen LogP contribution is -2.21. The van der Waals surface area contributed by atoms with Gasteiger partial charge in [-0.25, -0.2) is 0 Å². The van der Waals surface area contributed by atoms with Gasteiger partial charge in [0.15, 0.2) is 0 Å². The van der Waals surface area contributed by atoms with Crippen molar-refractivity contribution in [1.82, 2.24) is 4.90 Å². The van der Waals surface area contributed by atoms with Crippen molar-refractivity contribution in [1.29, 1.82) is 0 Å². The fourth-order valence-electron chi connectivity index (χ4n) is 0.340. The molecule has 0 heterocycles. The zero-order chi connectivity index (χ0) is 8.15. The largest absolute Gasteiger partial charge is 0.323 e. The Morgan fingerprint density at radius 1 is 1.70 bits per heavy atom. The van der Waals surface area contributed by atoms with E-state index in [9.17, 15) is 4.79 Å². The second-order valence-corrected chi connectivity index (χ2v) is 4.02. The maximum absolute atomic E-state index is 11.0. The Bertz CT molecular complexity index is 118. The highest BCUT2D eigenvalue weighted by molar-refractivity contribution is 8.14. The van der Waals surface area contributed by atoms with Gasteiger partial charge in [-0.1, -0.05) is 25.6 Å². The molecule has 0 aliphatic carbocycles. The predicted molar refractivity (Wildman–Crippen MR) is 46.6 cm³/mol. The van der Waals surface area contributed by atoms with Crippen LogP contribution in [0.3, 0.4) is 0 Å². The highest BCUT2D eigenvalue weighted by Gasteiger charge is 2.09. The first-order valence-corrected chi connectivity index (χ1v) is 4.47. The number of carbonyl (C=O) groups is 1. The summed E-state index contributed by atoms with van der Waals surface area (Å²) in [4.78, 5) is 12.5. The Morgan fingerprint density at radius 3 is 2.50 bits per heavy atom. The van der Waals surface area contributed by atoms with Crippen molar-refractivity contribution >= 4 is 28.6 Å². The van der Waals surface area contributed by atoms with Crippen LogP contribution in [0.4, 0.5) is 4.79 Å². The number of thioether (sulfide) groups is 1. The molecule has 0 rings (SSSR count). The van der Waals surface area contributed by atoms with Gasteiger partial charge in [-0.3, -0.25) is 4.79 Å². The monoisotopic (exact) mass is 181 g/mol. The van der Waals surface area contributed by atoms with Gasteiger partial charge < -0.3 is 4.90 Å². The van der Waals surface area contributed by atoms with Gasteiger partial charge in [0.25, 0.3) is 5.24 Å². The summed E-state index contributed by atoms with van der Waals surface area (Å²) in [5.74, 6) is 0. The molecule has 0 aromatic carbocycles. The second kappa shape index (κ2) is 4.85. The number of halogens is 1. The lowest BCUT2D eigenvalue weighted by atomic mass is 10.6. The molecule has 0 aromatic heterocycles. The lowest BCUT2D eigenvalue weighted by molar-refractivity contribution is 0.239. The highest BCUT2D eigenvalue weighted by atomic mass is 35.5. The standard InChI is InChI=1S/C6H12ClNOS/c1-5(2)10-6(9)8(3)4-7/h5H,4H2,1-3H3. The summed E-state index contributed by atoms with van der Waals surface area (Å²) in [5.41, 5.74) is 0. The summed E-state index contributed by atoms with van der Waals surface area (Å²) in [6.07, 6.45) is 0. The molecule has 0 spiro atoms. The van der Waals surface area contributed by atoms with E-state index in [4.69, 9.17) is 11.6 Å². The fourth-order valence-corrected chi connectivity index (χ4v) is 1.17. The van der Waals surface area contributed by atoms with E-state index < -0.39 is 0 Å². The minimum atomic E-state index is 0.0324. The Kier molecular flexibility index (Phi) is 4.91. The van der Waals surface area contributed by atoms with Crippen LogP contribution < -0.4 is 0 Å². The van der Waals surface area contributed by atoms with Crippen LogP contribution in [0.5, 0.6) is 0 Å². The van der Waals surface area contributed by atoms with E-state index in [1.54, 1.807) is 7.05 Å². The number of alkyl halides is 1. The van der Waals surface area contributed by atoms with E-state index in [-0.39, 0.29) is 11.2 Å². The van der Waals surface area contributed by atoms with Gasteiger partial charge in [-0.2, -0.15) is 0 Å². The van der Waals surface area contributed by atoms with Gasteiger partial charge in [0.05, 0.1) is 6.00 Å². The number of amides is 1. The van der Waals surface area contributed by atoms with Crippen LogP contribution in [-0.4, -0.2) is 28.4 Å². The van der Waals surface area contributed by atoms with E-state index in [0.717, 1.165) is 0 Å². The van der Waals surface area contributed by atoms with E-state index in [0.29, 0.717) is 5.25 Å². The maximum Gasteiger partial charge on any atom is 0.282 e. The van der Waals surface area contributed by atoms with Crippen molar-refractivity contribution in [3.05, 3.63) is 0 Å². The Labute approximate surface area is 70.9 Å². The van der Waals surface area contributed by atoms with E-state index >= 15 is 0 Å². The van der Waals surface area contributed by atoms with Crippen LogP contribution in [0.15, 0.2) is 0 Å². The predicted octanol–water partition coefficient (Wildman–Crippen LogP) is 2.38. The van der Waals surface area contributed by atoms with Gasteiger partial charge in [0.1, 0.15) is 0 Å². The quantitative estimate of drug-likeness (QED) is 0.482. The molecule has 10 heavy (non-hydrogen) atoms. The van der Waals surface area contributed by atoms with Crippen molar-refractivity contribution in [3.8, 4) is 0 Å². The molecule has 4 heteroatoms. The molecular formula is C6H12ClNOS. The topological polar surface area (TPSA) is 20.3 Å². The normalized spacial score (nSPS) is 10.1. The minimum Gasteiger partial charge on any atom is -0.323 e. The number of hydrogen-bond acceptors (Lipinski definition) is 2. The van der Waals surface area contributed by atoms with Gasteiger partial charge >= 0.3 is 0 Å². The third-order valence-electron chi connectivity index (χ3n) is 0.827. The molecule has 0 saturated carbocycles. The van der Waals surface area contributed by atoms with Crippen molar-refractivity contribution in [3.63, 3.8) is 0 Å². The zero-order valence-corrected chi connectivity index (χ0v) is 8.00. The molecule has 0 atom stereocenters. The highest BCUT2D eigenvalue weighted by Crippen LogP contribution is 2.13. The molecule has 0 bridgehead atoms. The molecule has 0 saturated heterocycles. The molecule has 0 aromatic rings. The SMILES string of the molecule is CC(C)SC(=O)N(C)CCl.